The van der Waals surface area contributed by atoms with Gasteiger partial charge in [-0.2, -0.15) is 0 Å². The third-order valence-electron chi connectivity index (χ3n) is 4.12. The molecule has 1 saturated carbocycles. The number of nitrogens with zero attached hydrogens (tertiary/aromatic N) is 1. The van der Waals surface area contributed by atoms with Crippen LogP contribution in [0.3, 0.4) is 0 Å². The van der Waals surface area contributed by atoms with Crippen molar-refractivity contribution in [3.8, 4) is 5.75 Å². The average molecular weight is 248 g/mol. The Morgan fingerprint density at radius 2 is 2.11 bits per heavy atom. The van der Waals surface area contributed by atoms with E-state index in [9.17, 15) is 0 Å². The Bertz CT molecular complexity index is 381. The summed E-state index contributed by atoms with van der Waals surface area (Å²) in [5, 5.41) is 0. The van der Waals surface area contributed by atoms with Crippen LogP contribution in [0.5, 0.6) is 5.75 Å². The molecule has 1 fully saturated rings. The summed E-state index contributed by atoms with van der Waals surface area (Å²) >= 11 is 0. The molecular formula is C15H24N2O. The fourth-order valence-corrected chi connectivity index (χ4v) is 2.97. The number of benzene rings is 1. The van der Waals surface area contributed by atoms with Crippen molar-refractivity contribution in [3.05, 3.63) is 24.3 Å². The van der Waals surface area contributed by atoms with E-state index in [1.165, 1.54) is 24.9 Å². The topological polar surface area (TPSA) is 38.5 Å². The summed E-state index contributed by atoms with van der Waals surface area (Å²) in [7, 11) is 3.86. The Morgan fingerprint density at radius 3 is 2.83 bits per heavy atom. The first-order valence-corrected chi connectivity index (χ1v) is 6.80. The van der Waals surface area contributed by atoms with Gasteiger partial charge in [-0.1, -0.05) is 12.5 Å². The van der Waals surface area contributed by atoms with Gasteiger partial charge in [0.05, 0.1) is 7.11 Å². The van der Waals surface area contributed by atoms with Crippen molar-refractivity contribution in [2.24, 2.45) is 17.6 Å². The van der Waals surface area contributed by atoms with E-state index < -0.39 is 0 Å². The molecule has 1 aliphatic carbocycles. The molecule has 1 aromatic carbocycles. The van der Waals surface area contributed by atoms with Gasteiger partial charge in [0.25, 0.3) is 0 Å². The van der Waals surface area contributed by atoms with Crippen LogP contribution in [-0.2, 0) is 0 Å². The molecule has 2 N–H and O–H groups in total. The molecule has 2 unspecified atom stereocenters. The van der Waals surface area contributed by atoms with Crippen molar-refractivity contribution in [1.82, 2.24) is 0 Å². The number of rotatable bonds is 5. The van der Waals surface area contributed by atoms with Crippen LogP contribution in [0.15, 0.2) is 24.3 Å². The highest BCUT2D eigenvalue weighted by Crippen LogP contribution is 2.32. The van der Waals surface area contributed by atoms with Gasteiger partial charge in [-0.15, -0.1) is 0 Å². The number of nitrogens with two attached hydrogens (primary N) is 1. The second-order valence-electron chi connectivity index (χ2n) is 5.27. The molecule has 0 amide bonds. The van der Waals surface area contributed by atoms with Gasteiger partial charge in [0.15, 0.2) is 0 Å². The van der Waals surface area contributed by atoms with Crippen LogP contribution in [0.1, 0.15) is 19.3 Å². The lowest BCUT2D eigenvalue weighted by molar-refractivity contribution is 0.399. The molecular weight excluding hydrogens is 224 g/mol. The summed E-state index contributed by atoms with van der Waals surface area (Å²) in [6.45, 7) is 1.92. The minimum Gasteiger partial charge on any atom is -0.497 e. The maximum atomic E-state index is 5.85. The minimum absolute atomic E-state index is 0.707. The van der Waals surface area contributed by atoms with Crippen molar-refractivity contribution < 1.29 is 4.74 Å². The number of hydrogen-bond donors (Lipinski definition) is 1. The number of hydrogen-bond acceptors (Lipinski definition) is 3. The van der Waals surface area contributed by atoms with Gasteiger partial charge in [0.1, 0.15) is 5.75 Å². The summed E-state index contributed by atoms with van der Waals surface area (Å²) in [6, 6.07) is 8.25. The van der Waals surface area contributed by atoms with Gasteiger partial charge in [-0.05, 0) is 43.4 Å². The summed E-state index contributed by atoms with van der Waals surface area (Å²) < 4.78 is 5.27. The largest absolute Gasteiger partial charge is 0.497 e. The van der Waals surface area contributed by atoms with Gasteiger partial charge in [0, 0.05) is 25.3 Å². The number of anilines is 1. The minimum atomic E-state index is 0.707. The van der Waals surface area contributed by atoms with Gasteiger partial charge in [0.2, 0.25) is 0 Å². The molecule has 3 heteroatoms. The highest BCUT2D eigenvalue weighted by Gasteiger charge is 2.26. The fraction of sp³-hybridized carbons (Fsp3) is 0.600. The van der Waals surface area contributed by atoms with Crippen LogP contribution < -0.4 is 15.4 Å². The first-order valence-electron chi connectivity index (χ1n) is 6.80. The molecule has 18 heavy (non-hydrogen) atoms. The van der Waals surface area contributed by atoms with Crippen LogP contribution in [0.4, 0.5) is 5.69 Å². The molecule has 1 aliphatic rings. The molecule has 2 rings (SSSR count). The van der Waals surface area contributed by atoms with E-state index >= 15 is 0 Å². The van der Waals surface area contributed by atoms with Crippen LogP contribution in [0.25, 0.3) is 0 Å². The number of methoxy groups -OCH3 is 1. The molecule has 0 bridgehead atoms. The van der Waals surface area contributed by atoms with Crippen molar-refractivity contribution in [2.45, 2.75) is 19.3 Å². The van der Waals surface area contributed by atoms with E-state index in [1.54, 1.807) is 7.11 Å². The Morgan fingerprint density at radius 1 is 1.33 bits per heavy atom. The molecule has 100 valence electrons. The summed E-state index contributed by atoms with van der Waals surface area (Å²) in [4.78, 5) is 2.32. The van der Waals surface area contributed by atoms with Crippen LogP contribution in [0, 0.1) is 11.8 Å². The van der Waals surface area contributed by atoms with E-state index in [4.69, 9.17) is 10.5 Å². The Kier molecular flexibility index (Phi) is 4.48. The molecule has 0 aliphatic heterocycles. The van der Waals surface area contributed by atoms with Crippen molar-refractivity contribution in [3.63, 3.8) is 0 Å². The third kappa shape index (κ3) is 2.96. The maximum Gasteiger partial charge on any atom is 0.120 e. The Hall–Kier alpha value is -1.22. The van der Waals surface area contributed by atoms with Gasteiger partial charge >= 0.3 is 0 Å². The van der Waals surface area contributed by atoms with E-state index in [-0.39, 0.29) is 0 Å². The lowest BCUT2D eigenvalue weighted by Gasteiger charge is -2.26. The summed E-state index contributed by atoms with van der Waals surface area (Å²) in [5.41, 5.74) is 7.07. The quantitative estimate of drug-likeness (QED) is 0.870. The maximum absolute atomic E-state index is 5.85. The standard InChI is InChI=1S/C15H24N2O/c1-17(11-13-6-3-5-12(13)10-16)14-7-4-8-15(9-14)18-2/h4,7-9,12-13H,3,5-6,10-11,16H2,1-2H3. The van der Waals surface area contributed by atoms with Crippen LogP contribution in [-0.4, -0.2) is 27.2 Å². The summed E-state index contributed by atoms with van der Waals surface area (Å²) in [6.07, 6.45) is 3.95. The monoisotopic (exact) mass is 248 g/mol. The van der Waals surface area contributed by atoms with Crippen LogP contribution in [0.2, 0.25) is 0 Å². The van der Waals surface area contributed by atoms with Crippen molar-refractivity contribution >= 4 is 5.69 Å². The zero-order valence-corrected chi connectivity index (χ0v) is 11.4. The van der Waals surface area contributed by atoms with E-state index in [2.05, 4.69) is 24.1 Å². The molecule has 1 aromatic rings. The lowest BCUT2D eigenvalue weighted by atomic mass is 9.95. The molecule has 3 nitrogen and oxygen atoms in total. The SMILES string of the molecule is COc1cccc(N(C)CC2CCCC2CN)c1. The fourth-order valence-electron chi connectivity index (χ4n) is 2.97. The summed E-state index contributed by atoms with van der Waals surface area (Å²) in [5.74, 6) is 2.37. The Labute approximate surface area is 110 Å². The molecule has 0 heterocycles. The molecule has 0 saturated heterocycles. The normalized spacial score (nSPS) is 23.1. The first-order chi connectivity index (χ1) is 8.74. The molecule has 0 radical (unpaired) electrons. The van der Waals surface area contributed by atoms with Gasteiger partial charge in [-0.3, -0.25) is 0 Å². The number of ether oxygens (including phenoxy) is 1. The first kappa shape index (κ1) is 13.2. The average Bonchev–Trinajstić information content (AvgIpc) is 2.86. The lowest BCUT2D eigenvalue weighted by Crippen LogP contribution is -2.30. The predicted molar refractivity (Wildman–Crippen MR) is 76.1 cm³/mol. The van der Waals surface area contributed by atoms with E-state index in [1.807, 2.05) is 12.1 Å². The molecule has 2 atom stereocenters. The van der Waals surface area contributed by atoms with E-state index in [0.717, 1.165) is 24.8 Å². The Balaban J connectivity index is 2.00. The highest BCUT2D eigenvalue weighted by atomic mass is 16.5. The van der Waals surface area contributed by atoms with Crippen LogP contribution >= 0.6 is 0 Å². The van der Waals surface area contributed by atoms with Gasteiger partial charge in [-0.25, -0.2) is 0 Å². The second-order valence-corrected chi connectivity index (χ2v) is 5.27. The zero-order chi connectivity index (χ0) is 13.0. The highest BCUT2D eigenvalue weighted by molar-refractivity contribution is 5.50. The smallest absolute Gasteiger partial charge is 0.120 e. The zero-order valence-electron chi connectivity index (χ0n) is 11.4. The molecule has 0 spiro atoms. The molecule has 0 aromatic heterocycles. The predicted octanol–water partition coefficient (Wildman–Crippen LogP) is 2.51. The van der Waals surface area contributed by atoms with Crippen molar-refractivity contribution in [1.29, 1.82) is 0 Å². The third-order valence-corrected chi connectivity index (χ3v) is 4.12. The van der Waals surface area contributed by atoms with Crippen molar-refractivity contribution in [2.75, 3.05) is 32.1 Å². The second kappa shape index (κ2) is 6.10. The van der Waals surface area contributed by atoms with E-state index in [0.29, 0.717) is 5.92 Å². The van der Waals surface area contributed by atoms with Gasteiger partial charge < -0.3 is 15.4 Å².